The van der Waals surface area contributed by atoms with Gasteiger partial charge in [-0.1, -0.05) is 6.58 Å². The number of alkyl halides is 8. The van der Waals surface area contributed by atoms with Gasteiger partial charge >= 0.3 is 35.3 Å². The van der Waals surface area contributed by atoms with Crippen molar-refractivity contribution in [2.75, 3.05) is 13.7 Å². The molecule has 0 aromatic carbocycles. The van der Waals surface area contributed by atoms with Gasteiger partial charge in [0.2, 0.25) is 0 Å². The number of hydrogen-bond acceptors (Lipinski definition) is 8. The minimum Gasteiger partial charge on any atom is -0.743 e. The summed E-state index contributed by atoms with van der Waals surface area (Å²) in [5.41, 5.74) is -2.53. The van der Waals surface area contributed by atoms with Crippen molar-refractivity contribution in [1.82, 2.24) is 0 Å². The summed E-state index contributed by atoms with van der Waals surface area (Å²) in [7, 11) is -6.12. The second-order valence-corrected chi connectivity index (χ2v) is 6.17. The number of carbonyl (C=O) groups is 2. The number of halogens is 8. The molecular formula is C11H9F8O8S-. The molecule has 0 aliphatic rings. The summed E-state index contributed by atoms with van der Waals surface area (Å²) in [5.74, 6) is -10.6. The number of rotatable bonds is 8. The monoisotopic (exact) mass is 453 g/mol. The van der Waals surface area contributed by atoms with Crippen molar-refractivity contribution in [3.05, 3.63) is 12.2 Å². The molecule has 1 atom stereocenters. The van der Waals surface area contributed by atoms with E-state index in [1.807, 2.05) is 0 Å². The molecular weight excluding hydrogens is 444 g/mol. The van der Waals surface area contributed by atoms with Crippen molar-refractivity contribution >= 4 is 22.1 Å². The molecule has 164 valence electrons. The summed E-state index contributed by atoms with van der Waals surface area (Å²) >= 11 is 0. The minimum atomic E-state index is -6.37. The maximum Gasteiger partial charge on any atom is 0.468 e. The summed E-state index contributed by atoms with van der Waals surface area (Å²) in [6.07, 6.45) is -14.1. The highest BCUT2D eigenvalue weighted by Crippen LogP contribution is 2.39. The van der Waals surface area contributed by atoms with Crippen LogP contribution >= 0.6 is 0 Å². The Balaban J connectivity index is 5.92. The van der Waals surface area contributed by atoms with E-state index in [2.05, 4.69) is 20.8 Å². The van der Waals surface area contributed by atoms with Crippen LogP contribution in [0.2, 0.25) is 0 Å². The summed E-state index contributed by atoms with van der Waals surface area (Å²) in [5, 5.41) is -5.18. The Morgan fingerprint density at radius 2 is 1.50 bits per heavy atom. The van der Waals surface area contributed by atoms with Gasteiger partial charge in [0.25, 0.3) is 0 Å². The predicted octanol–water partition coefficient (Wildman–Crippen LogP) is 1.62. The van der Waals surface area contributed by atoms with Crippen molar-refractivity contribution in [3.8, 4) is 0 Å². The third-order valence-electron chi connectivity index (χ3n) is 2.72. The smallest absolute Gasteiger partial charge is 0.468 e. The molecule has 0 saturated heterocycles. The molecule has 0 N–H and O–H groups in total. The zero-order valence-electron chi connectivity index (χ0n) is 13.3. The summed E-state index contributed by atoms with van der Waals surface area (Å²) in [4.78, 5) is 22.7. The SMILES string of the molecule is C=C(C(=O)OC(OCCC(F)(F)S(=O)(=O)[O-])(C(=O)OC)C(F)(F)F)C(F)(F)F. The first-order valence-electron chi connectivity index (χ1n) is 6.34. The Labute approximate surface area is 150 Å². The predicted molar refractivity (Wildman–Crippen MR) is 67.3 cm³/mol. The van der Waals surface area contributed by atoms with Crippen LogP contribution < -0.4 is 0 Å². The maximum absolute atomic E-state index is 13.2. The maximum atomic E-state index is 13.2. The zero-order chi connectivity index (χ0) is 22.8. The van der Waals surface area contributed by atoms with Crippen LogP contribution in [0.1, 0.15) is 6.42 Å². The highest BCUT2D eigenvalue weighted by Gasteiger charge is 2.68. The highest BCUT2D eigenvalue weighted by atomic mass is 32.2. The Kier molecular flexibility index (Phi) is 7.57. The quantitative estimate of drug-likeness (QED) is 0.179. The van der Waals surface area contributed by atoms with Gasteiger partial charge in [0.15, 0.2) is 10.1 Å². The molecule has 0 rings (SSSR count). The molecule has 0 radical (unpaired) electrons. The second-order valence-electron chi connectivity index (χ2n) is 4.66. The Morgan fingerprint density at radius 1 is 1.04 bits per heavy atom. The van der Waals surface area contributed by atoms with E-state index in [0.717, 1.165) is 0 Å². The average Bonchev–Trinajstić information content (AvgIpc) is 2.48. The summed E-state index contributed by atoms with van der Waals surface area (Å²) in [6, 6.07) is 0. The van der Waals surface area contributed by atoms with Gasteiger partial charge in [-0.05, 0) is 0 Å². The van der Waals surface area contributed by atoms with Crippen LogP contribution in [0.4, 0.5) is 35.1 Å². The largest absolute Gasteiger partial charge is 0.743 e. The van der Waals surface area contributed by atoms with E-state index < -0.39 is 64.1 Å². The lowest BCUT2D eigenvalue weighted by Crippen LogP contribution is -2.58. The number of ether oxygens (including phenoxy) is 3. The number of esters is 2. The Morgan fingerprint density at radius 3 is 1.82 bits per heavy atom. The van der Waals surface area contributed by atoms with Crippen molar-refractivity contribution in [2.24, 2.45) is 0 Å². The first-order valence-corrected chi connectivity index (χ1v) is 7.75. The van der Waals surface area contributed by atoms with E-state index in [9.17, 15) is 57.7 Å². The fourth-order valence-electron chi connectivity index (χ4n) is 1.27. The molecule has 0 aromatic rings. The third-order valence-corrected chi connectivity index (χ3v) is 3.65. The van der Waals surface area contributed by atoms with Gasteiger partial charge in [-0.3, -0.25) is 0 Å². The normalized spacial score (nSPS) is 15.5. The molecule has 1 unspecified atom stereocenters. The fraction of sp³-hybridized carbons (Fsp3) is 0.636. The van der Waals surface area contributed by atoms with E-state index >= 15 is 0 Å². The van der Waals surface area contributed by atoms with E-state index in [1.54, 1.807) is 0 Å². The van der Waals surface area contributed by atoms with Gasteiger partial charge in [-0.25, -0.2) is 18.0 Å². The molecule has 0 amide bonds. The van der Waals surface area contributed by atoms with Crippen LogP contribution in [0.25, 0.3) is 0 Å². The topological polar surface area (TPSA) is 119 Å². The standard InChI is InChI=1S/C11H10F8O8S/c1-5(10(14,15)16)6(20)27-9(7(21)25-2,11(17,18)19)26-4-3-8(12,13)28(22,23)24/h1,3-4H2,2H3,(H,22,23,24)/p-1. The lowest BCUT2D eigenvalue weighted by Gasteiger charge is -2.32. The lowest BCUT2D eigenvalue weighted by atomic mass is 10.2. The van der Waals surface area contributed by atoms with Gasteiger partial charge < -0.3 is 18.8 Å². The number of hydrogen-bond donors (Lipinski definition) is 0. The van der Waals surface area contributed by atoms with E-state index in [0.29, 0.717) is 0 Å². The van der Waals surface area contributed by atoms with Gasteiger partial charge in [-0.15, -0.1) is 0 Å². The molecule has 17 heteroatoms. The van der Waals surface area contributed by atoms with Crippen molar-refractivity contribution in [3.63, 3.8) is 0 Å². The summed E-state index contributed by atoms with van der Waals surface area (Å²) in [6.45, 7) is 0.0255. The lowest BCUT2D eigenvalue weighted by molar-refractivity contribution is -0.355. The van der Waals surface area contributed by atoms with E-state index in [-0.39, 0.29) is 7.11 Å². The molecule has 0 aliphatic carbocycles. The van der Waals surface area contributed by atoms with Gasteiger partial charge in [0.05, 0.1) is 13.7 Å². The van der Waals surface area contributed by atoms with Crippen molar-refractivity contribution < 1.29 is 71.9 Å². The van der Waals surface area contributed by atoms with Crippen LogP contribution in [-0.2, 0) is 33.9 Å². The average molecular weight is 453 g/mol. The summed E-state index contributed by atoms with van der Waals surface area (Å²) < 4.78 is 144. The highest BCUT2D eigenvalue weighted by molar-refractivity contribution is 7.86. The second kappa shape index (κ2) is 8.16. The molecule has 0 heterocycles. The molecule has 0 aromatic heterocycles. The first kappa shape index (κ1) is 26.0. The molecule has 0 spiro atoms. The molecule has 0 saturated carbocycles. The van der Waals surface area contributed by atoms with Crippen LogP contribution in [0.3, 0.4) is 0 Å². The Bertz CT molecular complexity index is 726. The van der Waals surface area contributed by atoms with Gasteiger partial charge in [-0.2, -0.15) is 35.1 Å². The molecule has 28 heavy (non-hydrogen) atoms. The van der Waals surface area contributed by atoms with E-state index in [4.69, 9.17) is 0 Å². The van der Waals surface area contributed by atoms with Crippen LogP contribution in [0, 0.1) is 0 Å². The van der Waals surface area contributed by atoms with Gasteiger partial charge in [0.1, 0.15) is 5.57 Å². The zero-order valence-corrected chi connectivity index (χ0v) is 14.1. The first-order chi connectivity index (χ1) is 12.2. The molecule has 0 aliphatic heterocycles. The van der Waals surface area contributed by atoms with Crippen LogP contribution in [-0.4, -0.2) is 62.0 Å². The van der Waals surface area contributed by atoms with Crippen LogP contribution in [0.5, 0.6) is 0 Å². The van der Waals surface area contributed by atoms with Crippen LogP contribution in [0.15, 0.2) is 12.2 Å². The molecule has 0 bridgehead atoms. The Hall–Kier alpha value is -2.01. The van der Waals surface area contributed by atoms with E-state index in [1.165, 1.54) is 0 Å². The molecule has 8 nitrogen and oxygen atoms in total. The van der Waals surface area contributed by atoms with Gasteiger partial charge in [0, 0.05) is 6.42 Å². The minimum absolute atomic E-state index is 0.245. The van der Waals surface area contributed by atoms with Crippen molar-refractivity contribution in [2.45, 2.75) is 29.8 Å². The third kappa shape index (κ3) is 5.74. The number of carbonyl (C=O) groups excluding carboxylic acids is 2. The number of methoxy groups -OCH3 is 1. The molecule has 0 fully saturated rings. The fourth-order valence-corrected chi connectivity index (χ4v) is 1.60. The van der Waals surface area contributed by atoms with Crippen molar-refractivity contribution in [1.29, 1.82) is 0 Å².